The van der Waals surface area contributed by atoms with Gasteiger partial charge in [0.05, 0.1) is 9.82 Å². The lowest BCUT2D eigenvalue weighted by Gasteiger charge is -2.56. The number of nitro benzene ring substituents is 1. The second-order valence-corrected chi connectivity index (χ2v) is 11.8. The number of nitro groups is 1. The molecule has 6 rings (SSSR count). The summed E-state index contributed by atoms with van der Waals surface area (Å²) in [7, 11) is -3.77. The van der Waals surface area contributed by atoms with Crippen LogP contribution >= 0.6 is 0 Å². The van der Waals surface area contributed by atoms with Crippen LogP contribution < -0.4 is 10.0 Å². The van der Waals surface area contributed by atoms with Crippen molar-refractivity contribution >= 4 is 27.3 Å². The summed E-state index contributed by atoms with van der Waals surface area (Å²) in [6.45, 7) is 0.447. The van der Waals surface area contributed by atoms with Gasteiger partial charge in [-0.05, 0) is 86.0 Å². The number of anilines is 1. The van der Waals surface area contributed by atoms with E-state index in [9.17, 15) is 23.3 Å². The molecular formula is C24H27N3O5S. The van der Waals surface area contributed by atoms with Crippen LogP contribution in [0.5, 0.6) is 0 Å². The fourth-order valence-electron chi connectivity index (χ4n) is 6.54. The monoisotopic (exact) mass is 469 g/mol. The van der Waals surface area contributed by atoms with Gasteiger partial charge in [0.1, 0.15) is 0 Å². The van der Waals surface area contributed by atoms with E-state index in [-0.39, 0.29) is 27.2 Å². The van der Waals surface area contributed by atoms with E-state index in [1.807, 2.05) is 0 Å². The molecule has 4 saturated carbocycles. The first kappa shape index (κ1) is 22.0. The summed E-state index contributed by atoms with van der Waals surface area (Å²) in [5, 5.41) is 13.5. The van der Waals surface area contributed by atoms with Crippen molar-refractivity contribution in [2.24, 2.45) is 23.2 Å². The van der Waals surface area contributed by atoms with E-state index in [0.29, 0.717) is 6.54 Å². The molecule has 0 aromatic heterocycles. The number of carbonyl (C=O) groups excluding carboxylic acids is 1. The largest absolute Gasteiger partial charge is 0.322 e. The molecule has 4 fully saturated rings. The highest BCUT2D eigenvalue weighted by molar-refractivity contribution is 7.89. The smallest absolute Gasteiger partial charge is 0.271 e. The van der Waals surface area contributed by atoms with Crippen LogP contribution in [0.3, 0.4) is 0 Å². The van der Waals surface area contributed by atoms with Crippen LogP contribution in [0.25, 0.3) is 0 Å². The minimum Gasteiger partial charge on any atom is -0.322 e. The molecule has 4 aliphatic carbocycles. The number of non-ortho nitro benzene ring substituents is 1. The zero-order chi connectivity index (χ0) is 23.2. The van der Waals surface area contributed by atoms with Gasteiger partial charge < -0.3 is 5.32 Å². The number of nitrogens with one attached hydrogen (secondary N) is 2. The average Bonchev–Trinajstić information content (AvgIpc) is 2.77. The van der Waals surface area contributed by atoms with E-state index in [1.165, 1.54) is 61.7 Å². The number of amides is 1. The molecule has 2 aromatic carbocycles. The first-order valence-corrected chi connectivity index (χ1v) is 12.9. The molecule has 0 saturated heterocycles. The zero-order valence-electron chi connectivity index (χ0n) is 18.2. The molecule has 8 nitrogen and oxygen atoms in total. The molecule has 174 valence electrons. The first-order chi connectivity index (χ1) is 15.7. The molecule has 4 aliphatic rings. The molecule has 4 bridgehead atoms. The van der Waals surface area contributed by atoms with E-state index in [1.54, 1.807) is 6.07 Å². The highest BCUT2D eigenvalue weighted by Crippen LogP contribution is 2.59. The minimum atomic E-state index is -3.77. The van der Waals surface area contributed by atoms with Crippen molar-refractivity contribution in [1.29, 1.82) is 0 Å². The molecule has 2 aromatic rings. The van der Waals surface area contributed by atoms with Crippen LogP contribution in [0.15, 0.2) is 53.4 Å². The molecule has 33 heavy (non-hydrogen) atoms. The number of sulfonamides is 1. The van der Waals surface area contributed by atoms with Crippen molar-refractivity contribution in [3.05, 3.63) is 64.2 Å². The Balaban J connectivity index is 1.28. The third-order valence-corrected chi connectivity index (χ3v) is 8.92. The Kier molecular flexibility index (Phi) is 5.49. The number of benzene rings is 2. The van der Waals surface area contributed by atoms with Gasteiger partial charge in [-0.3, -0.25) is 14.9 Å². The summed E-state index contributed by atoms with van der Waals surface area (Å²) in [6.07, 6.45) is 7.21. The van der Waals surface area contributed by atoms with E-state index in [4.69, 9.17) is 0 Å². The number of hydrogen-bond donors (Lipinski definition) is 2. The SMILES string of the molecule is O=C(Nc1cccc([N+](=O)[O-])c1)c1cccc(S(=O)(=O)NCC23CC4CC(CC(C4)C2)C3)c1. The molecule has 2 N–H and O–H groups in total. The number of hydrogen-bond acceptors (Lipinski definition) is 5. The number of nitrogens with zero attached hydrogens (tertiary/aromatic N) is 1. The lowest BCUT2D eigenvalue weighted by atomic mass is 9.50. The first-order valence-electron chi connectivity index (χ1n) is 11.4. The predicted octanol–water partition coefficient (Wildman–Crippen LogP) is 4.34. The van der Waals surface area contributed by atoms with Crippen LogP contribution in [0.2, 0.25) is 0 Å². The lowest BCUT2D eigenvalue weighted by molar-refractivity contribution is -0.384. The Labute approximate surface area is 193 Å². The predicted molar refractivity (Wildman–Crippen MR) is 123 cm³/mol. The van der Waals surface area contributed by atoms with Crippen LogP contribution in [-0.2, 0) is 10.0 Å². The fraction of sp³-hybridized carbons (Fsp3) is 0.458. The van der Waals surface area contributed by atoms with Gasteiger partial charge in [-0.1, -0.05) is 12.1 Å². The summed E-state index contributed by atoms with van der Waals surface area (Å²) in [5.41, 5.74) is 0.360. The summed E-state index contributed by atoms with van der Waals surface area (Å²) in [5.74, 6) is 1.68. The summed E-state index contributed by atoms with van der Waals surface area (Å²) in [4.78, 5) is 23.1. The van der Waals surface area contributed by atoms with Crippen molar-refractivity contribution < 1.29 is 18.1 Å². The van der Waals surface area contributed by atoms with Gasteiger partial charge in [0.15, 0.2) is 0 Å². The van der Waals surface area contributed by atoms with E-state index < -0.39 is 20.9 Å². The van der Waals surface area contributed by atoms with Gasteiger partial charge in [0.25, 0.3) is 11.6 Å². The Bertz CT molecular complexity index is 1170. The van der Waals surface area contributed by atoms with E-state index >= 15 is 0 Å². The van der Waals surface area contributed by atoms with Crippen LogP contribution in [0.1, 0.15) is 48.9 Å². The van der Waals surface area contributed by atoms with Crippen molar-refractivity contribution in [2.75, 3.05) is 11.9 Å². The van der Waals surface area contributed by atoms with E-state index in [2.05, 4.69) is 10.0 Å². The second kappa shape index (κ2) is 8.22. The lowest BCUT2D eigenvalue weighted by Crippen LogP contribution is -2.51. The third kappa shape index (κ3) is 4.52. The normalized spacial score (nSPS) is 27.9. The molecular weight excluding hydrogens is 442 g/mol. The summed E-state index contributed by atoms with van der Waals surface area (Å²) in [6, 6.07) is 11.5. The molecule has 0 atom stereocenters. The standard InChI is InChI=1S/C24H27N3O5S/c28-23(26-20-4-2-5-21(11-20)27(29)30)19-3-1-6-22(10-19)33(31,32)25-15-24-12-16-7-17(13-24)9-18(8-16)14-24/h1-6,10-11,16-18,25H,7-9,12-15H2,(H,26,28). The second-order valence-electron chi connectivity index (χ2n) is 10.0. The maximum absolute atomic E-state index is 13.1. The Morgan fingerprint density at radius 2 is 1.64 bits per heavy atom. The van der Waals surface area contributed by atoms with Gasteiger partial charge in [-0.15, -0.1) is 0 Å². The molecule has 0 spiro atoms. The van der Waals surface area contributed by atoms with Gasteiger partial charge in [0, 0.05) is 29.9 Å². The van der Waals surface area contributed by atoms with E-state index in [0.717, 1.165) is 37.0 Å². The Hall–Kier alpha value is -2.78. The molecule has 0 heterocycles. The Morgan fingerprint density at radius 1 is 1.00 bits per heavy atom. The van der Waals surface area contributed by atoms with Crippen molar-refractivity contribution in [1.82, 2.24) is 4.72 Å². The fourth-order valence-corrected chi connectivity index (χ4v) is 7.75. The van der Waals surface area contributed by atoms with Crippen molar-refractivity contribution in [3.63, 3.8) is 0 Å². The molecule has 1 amide bonds. The van der Waals surface area contributed by atoms with Gasteiger partial charge in [-0.2, -0.15) is 0 Å². The maximum Gasteiger partial charge on any atom is 0.271 e. The van der Waals surface area contributed by atoms with Crippen LogP contribution in [-0.4, -0.2) is 25.8 Å². The topological polar surface area (TPSA) is 118 Å². The average molecular weight is 470 g/mol. The molecule has 9 heteroatoms. The van der Waals surface area contributed by atoms with Crippen molar-refractivity contribution in [3.8, 4) is 0 Å². The molecule has 0 aliphatic heterocycles. The minimum absolute atomic E-state index is 0.0407. The van der Waals surface area contributed by atoms with Crippen LogP contribution in [0, 0.1) is 33.3 Å². The van der Waals surface area contributed by atoms with Crippen molar-refractivity contribution in [2.45, 2.75) is 43.4 Å². The zero-order valence-corrected chi connectivity index (χ0v) is 19.0. The van der Waals surface area contributed by atoms with Crippen LogP contribution in [0.4, 0.5) is 11.4 Å². The summed E-state index contributed by atoms with van der Waals surface area (Å²) >= 11 is 0. The number of carbonyl (C=O) groups is 1. The number of rotatable bonds is 7. The third-order valence-electron chi connectivity index (χ3n) is 7.52. The molecule has 0 radical (unpaired) electrons. The quantitative estimate of drug-likeness (QED) is 0.462. The van der Waals surface area contributed by atoms with Gasteiger partial charge in [0.2, 0.25) is 10.0 Å². The highest BCUT2D eigenvalue weighted by atomic mass is 32.2. The summed E-state index contributed by atoms with van der Waals surface area (Å²) < 4.78 is 29.0. The highest BCUT2D eigenvalue weighted by Gasteiger charge is 2.50. The van der Waals surface area contributed by atoms with Gasteiger partial charge >= 0.3 is 0 Å². The Morgan fingerprint density at radius 3 is 2.27 bits per heavy atom. The maximum atomic E-state index is 13.1. The van der Waals surface area contributed by atoms with Gasteiger partial charge in [-0.25, -0.2) is 13.1 Å². The molecule has 0 unspecified atom stereocenters.